The molecule has 2 aliphatic rings. The highest BCUT2D eigenvalue weighted by atomic mass is 19.4. The standard InChI is InChI=1S/C28H30F6N4O/c29-27(30,31)20-13-21(28(32,33)34)15-22(14-20)36-26(39)38-11-5-18(6-12-38)17-37-9-7-19(8-10-37)24-16-35-25-4-2-1-3-23(24)25/h1-4,13-16,18-19,35H,5-12,17H2,(H,36,39). The van der Waals surface area contributed by atoms with Crippen LogP contribution in [0.2, 0.25) is 0 Å². The van der Waals surface area contributed by atoms with Gasteiger partial charge in [0, 0.05) is 42.4 Å². The zero-order valence-corrected chi connectivity index (χ0v) is 21.2. The second-order valence-corrected chi connectivity index (χ2v) is 10.5. The number of fused-ring (bicyclic) bond motifs is 1. The first-order chi connectivity index (χ1) is 18.5. The molecule has 1 aromatic heterocycles. The predicted molar refractivity (Wildman–Crippen MR) is 136 cm³/mol. The molecule has 0 unspecified atom stereocenters. The van der Waals surface area contributed by atoms with E-state index in [1.807, 2.05) is 6.07 Å². The van der Waals surface area contributed by atoms with Crippen LogP contribution in [0.4, 0.5) is 36.8 Å². The van der Waals surface area contributed by atoms with Crippen LogP contribution in [0.3, 0.4) is 0 Å². The molecule has 5 rings (SSSR count). The maximum Gasteiger partial charge on any atom is 0.416 e. The number of anilines is 1. The Morgan fingerprint density at radius 1 is 0.872 bits per heavy atom. The number of nitrogens with zero attached hydrogens (tertiary/aromatic N) is 2. The van der Waals surface area contributed by atoms with Gasteiger partial charge in [0.1, 0.15) is 0 Å². The predicted octanol–water partition coefficient (Wildman–Crippen LogP) is 7.33. The summed E-state index contributed by atoms with van der Waals surface area (Å²) in [6.45, 7) is 3.68. The van der Waals surface area contributed by atoms with Crippen LogP contribution < -0.4 is 5.32 Å². The topological polar surface area (TPSA) is 51.4 Å². The second kappa shape index (κ2) is 10.7. The smallest absolute Gasteiger partial charge is 0.361 e. The number of aromatic amines is 1. The first kappa shape index (κ1) is 27.4. The molecule has 2 aromatic carbocycles. The van der Waals surface area contributed by atoms with Gasteiger partial charge in [0.2, 0.25) is 0 Å². The van der Waals surface area contributed by atoms with Crippen LogP contribution in [-0.2, 0) is 12.4 Å². The SMILES string of the molecule is O=C(Nc1cc(C(F)(F)F)cc(C(F)(F)F)c1)N1CCC(CN2CCC(c3c[nH]c4ccccc34)CC2)CC1. The Morgan fingerprint density at radius 3 is 2.10 bits per heavy atom. The molecule has 2 aliphatic heterocycles. The third kappa shape index (κ3) is 6.34. The number of amides is 2. The van der Waals surface area contributed by atoms with Crippen LogP contribution in [0.15, 0.2) is 48.7 Å². The van der Waals surface area contributed by atoms with E-state index in [0.717, 1.165) is 50.8 Å². The van der Waals surface area contributed by atoms with Gasteiger partial charge in [-0.1, -0.05) is 18.2 Å². The summed E-state index contributed by atoms with van der Waals surface area (Å²) in [6, 6.07) is 8.72. The number of alkyl halides is 6. The van der Waals surface area contributed by atoms with E-state index in [-0.39, 0.29) is 6.07 Å². The van der Waals surface area contributed by atoms with Crippen LogP contribution >= 0.6 is 0 Å². The van der Waals surface area contributed by atoms with E-state index in [4.69, 9.17) is 0 Å². The molecule has 3 heterocycles. The minimum Gasteiger partial charge on any atom is -0.361 e. The summed E-state index contributed by atoms with van der Waals surface area (Å²) in [5.74, 6) is 0.890. The number of halogens is 6. The van der Waals surface area contributed by atoms with Gasteiger partial charge in [-0.3, -0.25) is 0 Å². The Bertz CT molecular complexity index is 1270. The third-order valence-electron chi connectivity index (χ3n) is 7.91. The zero-order chi connectivity index (χ0) is 27.8. The zero-order valence-electron chi connectivity index (χ0n) is 21.2. The number of urea groups is 1. The number of likely N-dealkylation sites (tertiary alicyclic amines) is 2. The van der Waals surface area contributed by atoms with E-state index in [0.29, 0.717) is 37.1 Å². The molecule has 39 heavy (non-hydrogen) atoms. The summed E-state index contributed by atoms with van der Waals surface area (Å²) in [7, 11) is 0. The van der Waals surface area contributed by atoms with Crippen LogP contribution in [0, 0.1) is 5.92 Å². The van der Waals surface area contributed by atoms with E-state index < -0.39 is 35.2 Å². The molecule has 0 atom stereocenters. The lowest BCUT2D eigenvalue weighted by molar-refractivity contribution is -0.143. The van der Waals surface area contributed by atoms with Crippen molar-refractivity contribution in [3.8, 4) is 0 Å². The molecular formula is C28H30F6N4O. The minimum absolute atomic E-state index is 0.0461. The Balaban J connectivity index is 1.11. The molecule has 2 N–H and O–H groups in total. The van der Waals surface area contributed by atoms with Gasteiger partial charge in [0.05, 0.1) is 11.1 Å². The van der Waals surface area contributed by atoms with Crippen molar-refractivity contribution in [2.45, 2.75) is 44.0 Å². The molecule has 0 saturated carbocycles. The number of carbonyl (C=O) groups excluding carboxylic acids is 1. The molecule has 3 aromatic rings. The molecule has 0 spiro atoms. The fraction of sp³-hybridized carbons (Fsp3) is 0.464. The van der Waals surface area contributed by atoms with Crippen molar-refractivity contribution in [3.63, 3.8) is 0 Å². The Hall–Kier alpha value is -3.21. The Labute approximate surface area is 222 Å². The van der Waals surface area contributed by atoms with Gasteiger partial charge < -0.3 is 20.1 Å². The summed E-state index contributed by atoms with van der Waals surface area (Å²) in [4.78, 5) is 19.9. The molecule has 11 heteroatoms. The van der Waals surface area contributed by atoms with Crippen molar-refractivity contribution < 1.29 is 31.1 Å². The quantitative estimate of drug-likeness (QED) is 0.333. The summed E-state index contributed by atoms with van der Waals surface area (Å²) >= 11 is 0. The number of aromatic nitrogens is 1. The molecule has 2 fully saturated rings. The number of nitrogens with one attached hydrogen (secondary N) is 2. The maximum atomic E-state index is 13.1. The lowest BCUT2D eigenvalue weighted by Gasteiger charge is -2.37. The highest BCUT2D eigenvalue weighted by Gasteiger charge is 2.37. The van der Waals surface area contributed by atoms with Crippen molar-refractivity contribution in [1.29, 1.82) is 0 Å². The van der Waals surface area contributed by atoms with E-state index in [2.05, 4.69) is 39.6 Å². The van der Waals surface area contributed by atoms with Gasteiger partial charge in [0.25, 0.3) is 0 Å². The van der Waals surface area contributed by atoms with Crippen molar-refractivity contribution in [3.05, 3.63) is 65.4 Å². The van der Waals surface area contributed by atoms with Crippen LogP contribution in [0.1, 0.15) is 48.3 Å². The van der Waals surface area contributed by atoms with Gasteiger partial charge in [-0.05, 0) is 80.4 Å². The highest BCUT2D eigenvalue weighted by molar-refractivity contribution is 5.89. The Kier molecular flexibility index (Phi) is 7.54. The second-order valence-electron chi connectivity index (χ2n) is 10.5. The first-order valence-electron chi connectivity index (χ1n) is 13.1. The summed E-state index contributed by atoms with van der Waals surface area (Å²) in [5, 5.41) is 3.52. The molecule has 210 valence electrons. The van der Waals surface area contributed by atoms with Crippen LogP contribution in [0.25, 0.3) is 10.9 Å². The van der Waals surface area contributed by atoms with Crippen molar-refractivity contribution in [1.82, 2.24) is 14.8 Å². The number of carbonyl (C=O) groups is 1. The highest BCUT2D eigenvalue weighted by Crippen LogP contribution is 2.38. The lowest BCUT2D eigenvalue weighted by atomic mass is 9.88. The molecule has 5 nitrogen and oxygen atoms in total. The Morgan fingerprint density at radius 2 is 1.49 bits per heavy atom. The number of benzene rings is 2. The van der Waals surface area contributed by atoms with E-state index in [1.165, 1.54) is 15.8 Å². The fourth-order valence-electron chi connectivity index (χ4n) is 5.77. The minimum atomic E-state index is -4.97. The molecule has 2 amide bonds. The number of hydrogen-bond acceptors (Lipinski definition) is 2. The largest absolute Gasteiger partial charge is 0.416 e. The van der Waals surface area contributed by atoms with Gasteiger partial charge in [-0.15, -0.1) is 0 Å². The van der Waals surface area contributed by atoms with Gasteiger partial charge in [-0.2, -0.15) is 26.3 Å². The fourth-order valence-corrected chi connectivity index (χ4v) is 5.77. The van der Waals surface area contributed by atoms with Crippen molar-refractivity contribution >= 4 is 22.6 Å². The lowest BCUT2D eigenvalue weighted by Crippen LogP contribution is -2.44. The van der Waals surface area contributed by atoms with Gasteiger partial charge >= 0.3 is 18.4 Å². The van der Waals surface area contributed by atoms with Crippen LogP contribution in [-0.4, -0.2) is 53.5 Å². The van der Waals surface area contributed by atoms with Gasteiger partial charge in [-0.25, -0.2) is 4.79 Å². The summed E-state index contributed by atoms with van der Waals surface area (Å²) in [6.07, 6.45) is -4.22. The molecule has 0 bridgehead atoms. The molecule has 0 radical (unpaired) electrons. The number of piperidine rings is 2. The molecule has 0 aliphatic carbocycles. The summed E-state index contributed by atoms with van der Waals surface area (Å²) in [5.41, 5.74) is -0.922. The third-order valence-corrected chi connectivity index (χ3v) is 7.91. The van der Waals surface area contributed by atoms with Crippen LogP contribution in [0.5, 0.6) is 0 Å². The van der Waals surface area contributed by atoms with Crippen molar-refractivity contribution in [2.75, 3.05) is 38.0 Å². The molecule has 2 saturated heterocycles. The van der Waals surface area contributed by atoms with Crippen molar-refractivity contribution in [2.24, 2.45) is 5.92 Å². The average molecular weight is 553 g/mol. The first-order valence-corrected chi connectivity index (χ1v) is 13.1. The normalized spacial score (nSPS) is 18.6. The van der Waals surface area contributed by atoms with Gasteiger partial charge in [0.15, 0.2) is 0 Å². The number of H-pyrrole nitrogens is 1. The number of hydrogen-bond donors (Lipinski definition) is 2. The number of rotatable bonds is 4. The van der Waals surface area contributed by atoms with E-state index >= 15 is 0 Å². The molecular weight excluding hydrogens is 522 g/mol. The van der Waals surface area contributed by atoms with E-state index in [1.54, 1.807) is 0 Å². The van der Waals surface area contributed by atoms with E-state index in [9.17, 15) is 31.1 Å². The average Bonchev–Trinajstić information content (AvgIpc) is 3.33. The number of para-hydroxylation sites is 1. The maximum absolute atomic E-state index is 13.1. The summed E-state index contributed by atoms with van der Waals surface area (Å²) < 4.78 is 78.7. The monoisotopic (exact) mass is 552 g/mol.